The number of fused-ring (bicyclic) bond motifs is 1. The molecule has 3 aromatic carbocycles. The van der Waals surface area contributed by atoms with Crippen molar-refractivity contribution in [1.29, 1.82) is 0 Å². The highest BCUT2D eigenvalue weighted by Gasteiger charge is 2.33. The zero-order valence-electron chi connectivity index (χ0n) is 20.4. The lowest BCUT2D eigenvalue weighted by molar-refractivity contribution is -0.279. The predicted octanol–water partition coefficient (Wildman–Crippen LogP) is 3.14. The summed E-state index contributed by atoms with van der Waals surface area (Å²) in [6.07, 6.45) is 1.83. The van der Waals surface area contributed by atoms with Crippen molar-refractivity contribution in [1.82, 2.24) is 25.3 Å². The van der Waals surface area contributed by atoms with E-state index in [9.17, 15) is 9.59 Å². The van der Waals surface area contributed by atoms with E-state index >= 15 is 0 Å². The van der Waals surface area contributed by atoms with Crippen molar-refractivity contribution in [3.8, 4) is 5.69 Å². The van der Waals surface area contributed by atoms with Gasteiger partial charge in [-0.15, -0.1) is 10.2 Å². The number of benzene rings is 3. The van der Waals surface area contributed by atoms with Crippen molar-refractivity contribution < 1.29 is 24.0 Å². The number of anilines is 2. The highest BCUT2D eigenvalue weighted by atomic mass is 35.5. The number of tetrazole rings is 1. The quantitative estimate of drug-likeness (QED) is 0.345. The second kappa shape index (κ2) is 10.8. The molecule has 2 aliphatic heterocycles. The number of nitrogens with zero attached hydrogens (tertiary/aromatic N) is 6. The second-order valence-electron chi connectivity index (χ2n) is 8.84. The predicted molar refractivity (Wildman–Crippen MR) is 139 cm³/mol. The van der Waals surface area contributed by atoms with Crippen LogP contribution < -0.4 is 10.4 Å². The minimum Gasteiger partial charge on any atom is -0.457 e. The number of aromatic nitrogens is 4. The third-order valence-electron chi connectivity index (χ3n) is 6.36. The molecule has 1 unspecified atom stereocenters. The Morgan fingerprint density at radius 3 is 2.67 bits per heavy atom. The van der Waals surface area contributed by atoms with Gasteiger partial charge in [-0.25, -0.2) is 9.86 Å². The number of nitrogens with one attached hydrogen (secondary N) is 1. The molecule has 12 nitrogen and oxygen atoms in total. The molecule has 4 aromatic rings. The Hall–Kier alpha value is -4.36. The monoisotopic (exact) mass is 547 g/mol. The van der Waals surface area contributed by atoms with Gasteiger partial charge in [0, 0.05) is 16.3 Å². The van der Waals surface area contributed by atoms with Crippen LogP contribution in [-0.4, -0.2) is 56.7 Å². The molecular weight excluding hydrogens is 526 g/mol. The summed E-state index contributed by atoms with van der Waals surface area (Å²) in [7, 11) is 0. The Morgan fingerprint density at radius 2 is 1.90 bits per heavy atom. The molecule has 1 fully saturated rings. The number of hydroxylamine groups is 3. The van der Waals surface area contributed by atoms with Crippen molar-refractivity contribution >= 4 is 34.9 Å². The van der Waals surface area contributed by atoms with E-state index in [2.05, 4.69) is 20.8 Å². The van der Waals surface area contributed by atoms with E-state index in [1.165, 1.54) is 21.1 Å². The van der Waals surface area contributed by atoms with Crippen molar-refractivity contribution in [2.75, 3.05) is 23.8 Å². The fourth-order valence-corrected chi connectivity index (χ4v) is 4.57. The van der Waals surface area contributed by atoms with E-state index in [4.69, 9.17) is 26.0 Å². The number of cyclic esters (lactones) is 1. The average Bonchev–Trinajstić information content (AvgIpc) is 3.63. The van der Waals surface area contributed by atoms with Crippen LogP contribution in [-0.2, 0) is 32.2 Å². The molecule has 1 N–H and O–H groups in total. The fraction of sp³-hybridized carbons (Fsp3) is 0.192. The number of carbonyl (C=O) groups is 2. The van der Waals surface area contributed by atoms with Crippen molar-refractivity contribution in [2.45, 2.75) is 19.1 Å². The molecule has 3 heterocycles. The van der Waals surface area contributed by atoms with Gasteiger partial charge in [-0.3, -0.25) is 14.5 Å². The van der Waals surface area contributed by atoms with Crippen LogP contribution in [0.4, 0.5) is 11.4 Å². The Morgan fingerprint density at radius 1 is 1.03 bits per heavy atom. The van der Waals surface area contributed by atoms with E-state index in [0.717, 1.165) is 11.1 Å². The van der Waals surface area contributed by atoms with Gasteiger partial charge in [0.25, 0.3) is 0 Å². The topological polar surface area (TPSA) is 124 Å². The second-order valence-corrected chi connectivity index (χ2v) is 9.28. The van der Waals surface area contributed by atoms with Crippen LogP contribution >= 0.6 is 11.6 Å². The summed E-state index contributed by atoms with van der Waals surface area (Å²) in [5.41, 5.74) is 3.97. The fourth-order valence-electron chi connectivity index (χ4n) is 4.41. The summed E-state index contributed by atoms with van der Waals surface area (Å²) >= 11 is 6.25. The summed E-state index contributed by atoms with van der Waals surface area (Å²) in [5, 5.41) is 17.8. The number of hydrogen-bond donors (Lipinski definition) is 1. The van der Waals surface area contributed by atoms with Crippen LogP contribution in [0.15, 0.2) is 73.1 Å². The van der Waals surface area contributed by atoms with Crippen molar-refractivity contribution in [3.05, 3.63) is 94.8 Å². The zero-order valence-corrected chi connectivity index (χ0v) is 21.2. The maximum atomic E-state index is 13.5. The van der Waals surface area contributed by atoms with Gasteiger partial charge in [-0.05, 0) is 58.8 Å². The molecule has 0 radical (unpaired) electrons. The first-order chi connectivity index (χ1) is 19.0. The number of amides is 1. The van der Waals surface area contributed by atoms with Gasteiger partial charge in [-0.2, -0.15) is 4.68 Å². The maximum absolute atomic E-state index is 13.5. The molecule has 0 bridgehead atoms. The largest absolute Gasteiger partial charge is 0.457 e. The lowest BCUT2D eigenvalue weighted by Gasteiger charge is -2.38. The van der Waals surface area contributed by atoms with Gasteiger partial charge in [-0.1, -0.05) is 41.9 Å². The minimum atomic E-state index is -0.723. The molecule has 39 heavy (non-hydrogen) atoms. The number of hydrogen-bond acceptors (Lipinski definition) is 10. The zero-order chi connectivity index (χ0) is 26.8. The van der Waals surface area contributed by atoms with E-state index in [0.29, 0.717) is 34.1 Å². The van der Waals surface area contributed by atoms with Gasteiger partial charge in [0.2, 0.25) is 5.91 Å². The molecule has 0 saturated carbocycles. The molecule has 1 atom stereocenters. The maximum Gasteiger partial charge on any atom is 0.338 e. The first-order valence-electron chi connectivity index (χ1n) is 12.0. The summed E-state index contributed by atoms with van der Waals surface area (Å²) in [5.74, 6) is -0.658. The van der Waals surface area contributed by atoms with Crippen LogP contribution in [0.5, 0.6) is 0 Å². The van der Waals surface area contributed by atoms with E-state index < -0.39 is 6.04 Å². The van der Waals surface area contributed by atoms with Crippen LogP contribution in [0.1, 0.15) is 21.5 Å². The number of rotatable bonds is 7. The number of ether oxygens (including phenoxy) is 1. The molecule has 1 aromatic heterocycles. The van der Waals surface area contributed by atoms with Crippen LogP contribution in [0.2, 0.25) is 5.02 Å². The molecule has 2 aliphatic rings. The Labute approximate surface area is 227 Å². The van der Waals surface area contributed by atoms with E-state index in [-0.39, 0.29) is 31.9 Å². The Balaban J connectivity index is 1.20. The summed E-state index contributed by atoms with van der Waals surface area (Å²) in [6, 6.07) is 19.2. The molecule has 6 rings (SSSR count). The van der Waals surface area contributed by atoms with Crippen molar-refractivity contribution in [2.24, 2.45) is 0 Å². The lowest BCUT2D eigenvalue weighted by Crippen LogP contribution is -2.52. The standard InChI is InChI=1S/C26H22ClN7O5/c27-19-6-9-22(32-14-28-30-31-32)23(12-19)33-15-39-34(16-38-33)24(10-17-4-2-1-3-5-17)25(35)29-20-7-8-21-18(11-20)13-37-26(21)36/h1-9,11-12,14,24H,10,13,15-16H2,(H,29,35). The van der Waals surface area contributed by atoms with Gasteiger partial charge >= 0.3 is 5.97 Å². The third-order valence-corrected chi connectivity index (χ3v) is 6.59. The lowest BCUT2D eigenvalue weighted by atomic mass is 10.0. The minimum absolute atomic E-state index is 0.0215. The first-order valence-corrected chi connectivity index (χ1v) is 12.4. The number of halogens is 1. The average molecular weight is 548 g/mol. The van der Waals surface area contributed by atoms with Gasteiger partial charge in [0.05, 0.1) is 16.9 Å². The normalized spacial score (nSPS) is 16.0. The first kappa shape index (κ1) is 24.9. The summed E-state index contributed by atoms with van der Waals surface area (Å²) in [4.78, 5) is 37.4. The summed E-state index contributed by atoms with van der Waals surface area (Å²) < 4.78 is 6.56. The van der Waals surface area contributed by atoms with Gasteiger partial charge in [0.15, 0.2) is 13.5 Å². The van der Waals surface area contributed by atoms with Crippen LogP contribution in [0.3, 0.4) is 0 Å². The van der Waals surface area contributed by atoms with Gasteiger partial charge < -0.3 is 10.1 Å². The van der Waals surface area contributed by atoms with Crippen molar-refractivity contribution in [3.63, 3.8) is 0 Å². The highest BCUT2D eigenvalue weighted by molar-refractivity contribution is 6.31. The van der Waals surface area contributed by atoms with Gasteiger partial charge in [0.1, 0.15) is 19.0 Å². The van der Waals surface area contributed by atoms with Crippen LogP contribution in [0.25, 0.3) is 5.69 Å². The third kappa shape index (κ3) is 5.31. The summed E-state index contributed by atoms with van der Waals surface area (Å²) in [6.45, 7) is 0.117. The smallest absolute Gasteiger partial charge is 0.338 e. The molecule has 1 saturated heterocycles. The molecule has 0 aliphatic carbocycles. The molecule has 0 spiro atoms. The van der Waals surface area contributed by atoms with Crippen LogP contribution in [0, 0.1) is 0 Å². The van der Waals surface area contributed by atoms with E-state index in [1.807, 2.05) is 30.3 Å². The number of carbonyl (C=O) groups excluding carboxylic acids is 2. The molecule has 1 amide bonds. The SMILES string of the molecule is O=C1OCc2cc(NC(=O)C(Cc3ccccc3)N3CON(c4cc(Cl)ccc4-n4cnnn4)CO3)ccc21. The van der Waals surface area contributed by atoms with E-state index in [1.54, 1.807) is 36.4 Å². The number of esters is 1. The molecule has 13 heteroatoms. The molecule has 198 valence electrons. The Kier molecular flexibility index (Phi) is 6.90. The Bertz CT molecular complexity index is 1490. The molecular formula is C26H22ClN7O5. The highest BCUT2D eigenvalue weighted by Crippen LogP contribution is 2.30.